The number of hydrazone groups is 1. The van der Waals surface area contributed by atoms with Crippen molar-refractivity contribution in [3.63, 3.8) is 0 Å². The third-order valence-corrected chi connectivity index (χ3v) is 2.63. The SMILES string of the molecule is CC1=NN(C(C)C2CC2)C(=O)C1. The van der Waals surface area contributed by atoms with Gasteiger partial charge in [-0.25, -0.2) is 5.01 Å². The summed E-state index contributed by atoms with van der Waals surface area (Å²) < 4.78 is 0. The highest BCUT2D eigenvalue weighted by molar-refractivity contribution is 6.03. The van der Waals surface area contributed by atoms with E-state index in [4.69, 9.17) is 0 Å². The van der Waals surface area contributed by atoms with Crippen molar-refractivity contribution in [2.75, 3.05) is 0 Å². The van der Waals surface area contributed by atoms with Crippen molar-refractivity contribution < 1.29 is 4.79 Å². The standard InChI is InChI=1S/C9H14N2O/c1-6-5-9(12)11(10-6)7(2)8-3-4-8/h7-8H,3-5H2,1-2H3. The van der Waals surface area contributed by atoms with E-state index in [1.54, 1.807) is 5.01 Å². The molecule has 0 N–H and O–H groups in total. The molecule has 0 spiro atoms. The third-order valence-electron chi connectivity index (χ3n) is 2.63. The Bertz CT molecular complexity index is 243. The average molecular weight is 166 g/mol. The Morgan fingerprint density at radius 2 is 2.25 bits per heavy atom. The quantitative estimate of drug-likeness (QED) is 0.610. The van der Waals surface area contributed by atoms with Crippen LogP contribution in [0.2, 0.25) is 0 Å². The lowest BCUT2D eigenvalue weighted by molar-refractivity contribution is -0.130. The van der Waals surface area contributed by atoms with E-state index in [9.17, 15) is 4.79 Å². The van der Waals surface area contributed by atoms with Crippen LogP contribution in [-0.4, -0.2) is 22.7 Å². The molecule has 3 heteroatoms. The van der Waals surface area contributed by atoms with Crippen molar-refractivity contribution in [3.05, 3.63) is 0 Å². The van der Waals surface area contributed by atoms with Crippen LogP contribution in [0.5, 0.6) is 0 Å². The fourth-order valence-corrected chi connectivity index (χ4v) is 1.67. The fraction of sp³-hybridized carbons (Fsp3) is 0.778. The van der Waals surface area contributed by atoms with Crippen molar-refractivity contribution >= 4 is 11.6 Å². The van der Waals surface area contributed by atoms with E-state index >= 15 is 0 Å². The Labute approximate surface area is 72.4 Å². The summed E-state index contributed by atoms with van der Waals surface area (Å²) in [5.41, 5.74) is 0.951. The van der Waals surface area contributed by atoms with Gasteiger partial charge in [0.05, 0.1) is 12.5 Å². The van der Waals surface area contributed by atoms with Crippen molar-refractivity contribution in [1.82, 2.24) is 5.01 Å². The molecule has 0 bridgehead atoms. The molecule has 0 radical (unpaired) electrons. The lowest BCUT2D eigenvalue weighted by atomic mass is 10.2. The number of carbonyl (C=O) groups excluding carboxylic acids is 1. The highest BCUT2D eigenvalue weighted by Gasteiger charge is 2.36. The summed E-state index contributed by atoms with van der Waals surface area (Å²) >= 11 is 0. The first kappa shape index (κ1) is 7.77. The minimum atomic E-state index is 0.173. The van der Waals surface area contributed by atoms with Gasteiger partial charge >= 0.3 is 0 Å². The molecule has 0 saturated heterocycles. The first-order valence-corrected chi connectivity index (χ1v) is 4.54. The molecule has 1 aliphatic heterocycles. The Hall–Kier alpha value is -0.860. The van der Waals surface area contributed by atoms with Gasteiger partial charge in [0.2, 0.25) is 5.91 Å². The van der Waals surface area contributed by atoms with E-state index < -0.39 is 0 Å². The normalized spacial score (nSPS) is 26.0. The van der Waals surface area contributed by atoms with Crippen LogP contribution in [0.25, 0.3) is 0 Å². The zero-order valence-corrected chi connectivity index (χ0v) is 7.58. The van der Waals surface area contributed by atoms with Crippen molar-refractivity contribution in [3.8, 4) is 0 Å². The maximum absolute atomic E-state index is 11.4. The number of nitrogens with zero attached hydrogens (tertiary/aromatic N) is 2. The number of carbonyl (C=O) groups is 1. The monoisotopic (exact) mass is 166 g/mol. The predicted octanol–water partition coefficient (Wildman–Crippen LogP) is 1.39. The fourth-order valence-electron chi connectivity index (χ4n) is 1.67. The predicted molar refractivity (Wildman–Crippen MR) is 46.8 cm³/mol. The van der Waals surface area contributed by atoms with Gasteiger partial charge in [-0.2, -0.15) is 5.10 Å². The van der Waals surface area contributed by atoms with E-state index in [1.165, 1.54) is 12.8 Å². The van der Waals surface area contributed by atoms with Crippen LogP contribution >= 0.6 is 0 Å². The molecule has 1 aliphatic carbocycles. The first-order valence-electron chi connectivity index (χ1n) is 4.54. The summed E-state index contributed by atoms with van der Waals surface area (Å²) in [6, 6.07) is 0.329. The van der Waals surface area contributed by atoms with Crippen LogP contribution < -0.4 is 0 Å². The Kier molecular flexibility index (Phi) is 1.67. The summed E-state index contributed by atoms with van der Waals surface area (Å²) in [6.07, 6.45) is 3.05. The average Bonchev–Trinajstić information content (AvgIpc) is 2.77. The molecule has 1 fully saturated rings. The molecule has 2 rings (SSSR count). The molecule has 3 nitrogen and oxygen atoms in total. The molecule has 1 saturated carbocycles. The molecule has 1 unspecified atom stereocenters. The zero-order valence-electron chi connectivity index (χ0n) is 7.58. The second-order valence-electron chi connectivity index (χ2n) is 3.83. The molecule has 0 aromatic heterocycles. The molecule has 0 aromatic rings. The van der Waals surface area contributed by atoms with E-state index in [2.05, 4.69) is 12.0 Å². The minimum Gasteiger partial charge on any atom is -0.273 e. The molecule has 66 valence electrons. The molecule has 0 aromatic carbocycles. The topological polar surface area (TPSA) is 32.7 Å². The summed E-state index contributed by atoms with van der Waals surface area (Å²) in [7, 11) is 0. The Morgan fingerprint density at radius 3 is 2.67 bits per heavy atom. The van der Waals surface area contributed by atoms with E-state index in [0.29, 0.717) is 18.4 Å². The molecule has 2 aliphatic rings. The number of rotatable bonds is 2. The van der Waals surface area contributed by atoms with Crippen LogP contribution in [0, 0.1) is 5.92 Å². The van der Waals surface area contributed by atoms with Gasteiger partial charge in [0, 0.05) is 5.71 Å². The number of hydrogen-bond donors (Lipinski definition) is 0. The summed E-state index contributed by atoms with van der Waals surface area (Å²) in [4.78, 5) is 11.4. The van der Waals surface area contributed by atoms with Gasteiger partial charge in [0.15, 0.2) is 0 Å². The lowest BCUT2D eigenvalue weighted by Crippen LogP contribution is -2.32. The molecule has 1 amide bonds. The van der Waals surface area contributed by atoms with Gasteiger partial charge in [0.25, 0.3) is 0 Å². The van der Waals surface area contributed by atoms with E-state index in [-0.39, 0.29) is 5.91 Å². The van der Waals surface area contributed by atoms with Crippen molar-refractivity contribution in [1.29, 1.82) is 0 Å². The van der Waals surface area contributed by atoms with Gasteiger partial charge in [-0.05, 0) is 32.6 Å². The van der Waals surface area contributed by atoms with Crippen LogP contribution in [0.3, 0.4) is 0 Å². The van der Waals surface area contributed by atoms with Gasteiger partial charge in [-0.15, -0.1) is 0 Å². The highest BCUT2D eigenvalue weighted by Crippen LogP contribution is 2.36. The second kappa shape index (κ2) is 2.57. The van der Waals surface area contributed by atoms with Gasteiger partial charge < -0.3 is 0 Å². The van der Waals surface area contributed by atoms with Crippen LogP contribution in [-0.2, 0) is 4.79 Å². The summed E-state index contributed by atoms with van der Waals surface area (Å²) in [5, 5.41) is 5.90. The lowest BCUT2D eigenvalue weighted by Gasteiger charge is -2.19. The summed E-state index contributed by atoms with van der Waals surface area (Å²) in [5.74, 6) is 0.885. The minimum absolute atomic E-state index is 0.173. The van der Waals surface area contributed by atoms with E-state index in [1.807, 2.05) is 6.92 Å². The molecule has 1 atom stereocenters. The van der Waals surface area contributed by atoms with E-state index in [0.717, 1.165) is 5.71 Å². The zero-order chi connectivity index (χ0) is 8.72. The smallest absolute Gasteiger partial charge is 0.248 e. The van der Waals surface area contributed by atoms with Crippen LogP contribution in [0.4, 0.5) is 0 Å². The van der Waals surface area contributed by atoms with Gasteiger partial charge in [0.1, 0.15) is 0 Å². The van der Waals surface area contributed by atoms with Crippen molar-refractivity contribution in [2.45, 2.75) is 39.2 Å². The number of hydrogen-bond acceptors (Lipinski definition) is 2. The van der Waals surface area contributed by atoms with Gasteiger partial charge in [-0.1, -0.05) is 0 Å². The molecular formula is C9H14N2O. The first-order chi connectivity index (χ1) is 5.68. The van der Waals surface area contributed by atoms with Crippen LogP contribution in [0.15, 0.2) is 5.10 Å². The van der Waals surface area contributed by atoms with Crippen molar-refractivity contribution in [2.24, 2.45) is 11.0 Å². The maximum atomic E-state index is 11.4. The maximum Gasteiger partial charge on any atom is 0.248 e. The largest absolute Gasteiger partial charge is 0.273 e. The molecule has 1 heterocycles. The highest BCUT2D eigenvalue weighted by atomic mass is 16.2. The summed E-state index contributed by atoms with van der Waals surface area (Å²) in [6.45, 7) is 4.01. The Balaban J connectivity index is 2.06. The van der Waals surface area contributed by atoms with Crippen LogP contribution in [0.1, 0.15) is 33.1 Å². The molecule has 12 heavy (non-hydrogen) atoms. The number of amides is 1. The third kappa shape index (κ3) is 1.24. The molecular weight excluding hydrogens is 152 g/mol. The second-order valence-corrected chi connectivity index (χ2v) is 3.83. The van der Waals surface area contributed by atoms with Gasteiger partial charge in [-0.3, -0.25) is 4.79 Å². The Morgan fingerprint density at radius 1 is 1.58 bits per heavy atom.